The number of nitrogens with zero attached hydrogens (tertiary/aromatic N) is 1. The van der Waals surface area contributed by atoms with Gasteiger partial charge in [-0.15, -0.1) is 0 Å². The molecule has 0 aromatic heterocycles. The van der Waals surface area contributed by atoms with Crippen LogP contribution < -0.4 is 5.32 Å². The summed E-state index contributed by atoms with van der Waals surface area (Å²) in [5, 5.41) is 3.69. The number of rotatable bonds is 8. The average Bonchev–Trinajstić information content (AvgIpc) is 3.24. The molecule has 1 N–H and O–H groups in total. The number of hydrogen-bond donors (Lipinski definition) is 1. The molecule has 3 heteroatoms. The second kappa shape index (κ2) is 7.37. The van der Waals surface area contributed by atoms with Crippen LogP contribution in [0.15, 0.2) is 24.3 Å². The second-order valence-electron chi connectivity index (χ2n) is 6.75. The lowest BCUT2D eigenvalue weighted by atomic mass is 10.0. The number of halogens is 1. The molecule has 1 aromatic carbocycles. The highest BCUT2D eigenvalue weighted by atomic mass is 19.1. The van der Waals surface area contributed by atoms with Crippen molar-refractivity contribution in [2.75, 3.05) is 13.1 Å². The van der Waals surface area contributed by atoms with E-state index < -0.39 is 0 Å². The van der Waals surface area contributed by atoms with Crippen LogP contribution >= 0.6 is 0 Å². The van der Waals surface area contributed by atoms with E-state index in [1.54, 1.807) is 12.1 Å². The first kappa shape index (κ1) is 16.4. The van der Waals surface area contributed by atoms with E-state index in [4.69, 9.17) is 0 Å². The SMILES string of the molecule is CC(C)N(CCNC(c1ccc(F)cc1)C1CC1)C(C)C. The zero-order valence-electron chi connectivity index (χ0n) is 13.8. The summed E-state index contributed by atoms with van der Waals surface area (Å²) in [6, 6.07) is 8.50. The Bertz CT molecular complexity index is 415. The van der Waals surface area contributed by atoms with E-state index in [0.717, 1.165) is 19.0 Å². The smallest absolute Gasteiger partial charge is 0.123 e. The quantitative estimate of drug-likeness (QED) is 0.779. The number of benzene rings is 1. The molecule has 1 fully saturated rings. The maximum atomic E-state index is 13.1. The van der Waals surface area contributed by atoms with Gasteiger partial charge in [-0.25, -0.2) is 4.39 Å². The molecule has 0 bridgehead atoms. The zero-order valence-corrected chi connectivity index (χ0v) is 13.8. The third-order valence-corrected chi connectivity index (χ3v) is 4.38. The number of hydrogen-bond acceptors (Lipinski definition) is 2. The Morgan fingerprint density at radius 3 is 2.14 bits per heavy atom. The second-order valence-corrected chi connectivity index (χ2v) is 6.75. The van der Waals surface area contributed by atoms with Crippen molar-refractivity contribution in [3.63, 3.8) is 0 Å². The van der Waals surface area contributed by atoms with Crippen LogP contribution in [0, 0.1) is 11.7 Å². The van der Waals surface area contributed by atoms with Gasteiger partial charge in [-0.05, 0) is 64.2 Å². The fourth-order valence-corrected chi connectivity index (χ4v) is 3.12. The van der Waals surface area contributed by atoms with E-state index in [2.05, 4.69) is 37.9 Å². The Morgan fingerprint density at radius 1 is 1.10 bits per heavy atom. The lowest BCUT2D eigenvalue weighted by Crippen LogP contribution is -2.42. The molecule has 0 amide bonds. The van der Waals surface area contributed by atoms with Crippen LogP contribution in [0.4, 0.5) is 4.39 Å². The van der Waals surface area contributed by atoms with Gasteiger partial charge in [0.1, 0.15) is 5.82 Å². The Morgan fingerprint density at radius 2 is 1.67 bits per heavy atom. The van der Waals surface area contributed by atoms with E-state index in [9.17, 15) is 4.39 Å². The molecule has 1 aliphatic rings. The highest BCUT2D eigenvalue weighted by Crippen LogP contribution is 2.40. The van der Waals surface area contributed by atoms with E-state index in [-0.39, 0.29) is 5.82 Å². The minimum absolute atomic E-state index is 0.154. The maximum Gasteiger partial charge on any atom is 0.123 e. The molecule has 1 unspecified atom stereocenters. The molecule has 1 saturated carbocycles. The summed E-state index contributed by atoms with van der Waals surface area (Å²) in [5.74, 6) is 0.570. The molecule has 1 aromatic rings. The molecule has 0 radical (unpaired) electrons. The van der Waals surface area contributed by atoms with Gasteiger partial charge in [0.25, 0.3) is 0 Å². The molecule has 2 rings (SSSR count). The van der Waals surface area contributed by atoms with E-state index >= 15 is 0 Å². The highest BCUT2D eigenvalue weighted by Gasteiger charge is 2.32. The molecule has 0 heterocycles. The Balaban J connectivity index is 1.90. The first-order valence-electron chi connectivity index (χ1n) is 8.23. The van der Waals surface area contributed by atoms with Crippen LogP contribution in [0.1, 0.15) is 52.1 Å². The predicted molar refractivity (Wildman–Crippen MR) is 86.8 cm³/mol. The van der Waals surface area contributed by atoms with E-state index in [1.165, 1.54) is 18.4 Å². The molecule has 1 atom stereocenters. The van der Waals surface area contributed by atoms with Crippen molar-refractivity contribution in [3.05, 3.63) is 35.6 Å². The van der Waals surface area contributed by atoms with Crippen LogP contribution in [0.3, 0.4) is 0 Å². The van der Waals surface area contributed by atoms with Crippen molar-refractivity contribution in [3.8, 4) is 0 Å². The van der Waals surface area contributed by atoms with Gasteiger partial charge in [0, 0.05) is 31.2 Å². The molecule has 1 aliphatic carbocycles. The fourth-order valence-electron chi connectivity index (χ4n) is 3.12. The van der Waals surface area contributed by atoms with Crippen LogP contribution in [0.25, 0.3) is 0 Å². The summed E-state index contributed by atoms with van der Waals surface area (Å²) in [4.78, 5) is 2.50. The van der Waals surface area contributed by atoms with Crippen molar-refractivity contribution in [1.82, 2.24) is 10.2 Å². The summed E-state index contributed by atoms with van der Waals surface area (Å²) in [6.45, 7) is 11.0. The molecular weight excluding hydrogens is 263 g/mol. The van der Waals surface area contributed by atoms with Gasteiger partial charge in [-0.1, -0.05) is 12.1 Å². The van der Waals surface area contributed by atoms with Crippen molar-refractivity contribution in [2.24, 2.45) is 5.92 Å². The molecule has 0 spiro atoms. The largest absolute Gasteiger partial charge is 0.308 e. The molecule has 118 valence electrons. The first-order chi connectivity index (χ1) is 9.99. The summed E-state index contributed by atoms with van der Waals surface area (Å²) >= 11 is 0. The summed E-state index contributed by atoms with van der Waals surface area (Å²) < 4.78 is 13.1. The van der Waals surface area contributed by atoms with Gasteiger partial charge in [0.05, 0.1) is 0 Å². The van der Waals surface area contributed by atoms with Gasteiger partial charge in [-0.2, -0.15) is 0 Å². The van der Waals surface area contributed by atoms with Gasteiger partial charge in [0.2, 0.25) is 0 Å². The third-order valence-electron chi connectivity index (χ3n) is 4.38. The van der Waals surface area contributed by atoms with Crippen LogP contribution in [-0.4, -0.2) is 30.1 Å². The predicted octanol–water partition coefficient (Wildman–Crippen LogP) is 3.99. The molecule has 2 nitrogen and oxygen atoms in total. The first-order valence-corrected chi connectivity index (χ1v) is 8.23. The normalized spacial score (nSPS) is 17.0. The summed E-state index contributed by atoms with van der Waals surface area (Å²) in [6.07, 6.45) is 2.57. The van der Waals surface area contributed by atoms with E-state index in [1.807, 2.05) is 12.1 Å². The topological polar surface area (TPSA) is 15.3 Å². The monoisotopic (exact) mass is 292 g/mol. The Hall–Kier alpha value is -0.930. The highest BCUT2D eigenvalue weighted by molar-refractivity contribution is 5.22. The van der Waals surface area contributed by atoms with Crippen molar-refractivity contribution >= 4 is 0 Å². The number of nitrogens with one attached hydrogen (secondary N) is 1. The van der Waals surface area contributed by atoms with Gasteiger partial charge < -0.3 is 5.32 Å². The van der Waals surface area contributed by atoms with Crippen LogP contribution in [-0.2, 0) is 0 Å². The van der Waals surface area contributed by atoms with Gasteiger partial charge in [-0.3, -0.25) is 4.90 Å². The van der Waals surface area contributed by atoms with Crippen molar-refractivity contribution in [2.45, 2.75) is 58.7 Å². The minimum atomic E-state index is -0.154. The third kappa shape index (κ3) is 4.79. The minimum Gasteiger partial charge on any atom is -0.308 e. The standard InChI is InChI=1S/C18H29FN2/c1-13(2)21(14(3)4)12-11-20-18(15-5-6-15)16-7-9-17(19)10-8-16/h7-10,13-15,18,20H,5-6,11-12H2,1-4H3. The maximum absolute atomic E-state index is 13.1. The van der Waals surface area contributed by atoms with Crippen molar-refractivity contribution in [1.29, 1.82) is 0 Å². The van der Waals surface area contributed by atoms with Crippen LogP contribution in [0.2, 0.25) is 0 Å². The zero-order chi connectivity index (χ0) is 15.4. The van der Waals surface area contributed by atoms with E-state index in [0.29, 0.717) is 18.1 Å². The Labute approximate surface area is 128 Å². The molecular formula is C18H29FN2. The summed E-state index contributed by atoms with van der Waals surface area (Å²) in [7, 11) is 0. The van der Waals surface area contributed by atoms with Gasteiger partial charge in [0.15, 0.2) is 0 Å². The molecule has 0 saturated heterocycles. The Kier molecular flexibility index (Phi) is 5.77. The lowest BCUT2D eigenvalue weighted by molar-refractivity contribution is 0.173. The van der Waals surface area contributed by atoms with Gasteiger partial charge >= 0.3 is 0 Å². The molecule has 21 heavy (non-hydrogen) atoms. The lowest BCUT2D eigenvalue weighted by Gasteiger charge is -2.31. The summed E-state index contributed by atoms with van der Waals surface area (Å²) in [5.41, 5.74) is 1.22. The molecule has 0 aliphatic heterocycles. The van der Waals surface area contributed by atoms with Crippen LogP contribution in [0.5, 0.6) is 0 Å². The van der Waals surface area contributed by atoms with Crippen molar-refractivity contribution < 1.29 is 4.39 Å². The fraction of sp³-hybridized carbons (Fsp3) is 0.667. The average molecular weight is 292 g/mol.